The predicted molar refractivity (Wildman–Crippen MR) is 84.3 cm³/mol. The predicted octanol–water partition coefficient (Wildman–Crippen LogP) is 2.52. The molecule has 1 unspecified atom stereocenters. The van der Waals surface area contributed by atoms with Crippen molar-refractivity contribution >= 4 is 17.5 Å². The Hall–Kier alpha value is -2.11. The largest absolute Gasteiger partial charge is 0.497 e. The van der Waals surface area contributed by atoms with E-state index in [0.29, 0.717) is 27.7 Å². The van der Waals surface area contributed by atoms with Gasteiger partial charge in [-0.3, -0.25) is 4.79 Å². The van der Waals surface area contributed by atoms with Crippen LogP contribution in [0.3, 0.4) is 0 Å². The highest BCUT2D eigenvalue weighted by molar-refractivity contribution is 6.29. The molecule has 116 valence electrons. The monoisotopic (exact) mass is 320 g/mol. The molecule has 1 aromatic heterocycles. The molecule has 0 radical (unpaired) electrons. The van der Waals surface area contributed by atoms with Crippen molar-refractivity contribution in [2.75, 3.05) is 13.7 Å². The van der Waals surface area contributed by atoms with E-state index in [9.17, 15) is 9.90 Å². The third kappa shape index (κ3) is 3.96. The lowest BCUT2D eigenvalue weighted by Crippen LogP contribution is -2.29. The van der Waals surface area contributed by atoms with E-state index in [1.165, 1.54) is 0 Å². The first-order valence-electron chi connectivity index (χ1n) is 6.74. The number of aryl methyl sites for hydroxylation is 1. The SMILES string of the molecule is COc1cccc(C(O)CNC(=O)c2ccc(Cl)nc2C)c1. The van der Waals surface area contributed by atoms with Crippen LogP contribution < -0.4 is 10.1 Å². The van der Waals surface area contributed by atoms with Crippen LogP contribution in [0.1, 0.15) is 27.7 Å². The van der Waals surface area contributed by atoms with Crippen molar-refractivity contribution in [2.45, 2.75) is 13.0 Å². The van der Waals surface area contributed by atoms with Crippen LogP contribution in [0.15, 0.2) is 36.4 Å². The number of rotatable bonds is 5. The molecule has 5 nitrogen and oxygen atoms in total. The maximum atomic E-state index is 12.1. The summed E-state index contributed by atoms with van der Waals surface area (Å²) in [7, 11) is 1.56. The van der Waals surface area contributed by atoms with E-state index < -0.39 is 6.10 Å². The highest BCUT2D eigenvalue weighted by Gasteiger charge is 2.13. The van der Waals surface area contributed by atoms with Crippen molar-refractivity contribution in [3.8, 4) is 5.75 Å². The molecule has 1 atom stereocenters. The van der Waals surface area contributed by atoms with Crippen LogP contribution in [0, 0.1) is 6.92 Å². The van der Waals surface area contributed by atoms with Gasteiger partial charge in [0.05, 0.1) is 24.5 Å². The number of ether oxygens (including phenoxy) is 1. The number of carbonyl (C=O) groups excluding carboxylic acids is 1. The molecule has 2 aromatic rings. The molecule has 1 heterocycles. The Morgan fingerprint density at radius 2 is 2.18 bits per heavy atom. The summed E-state index contributed by atoms with van der Waals surface area (Å²) in [4.78, 5) is 16.1. The standard InChI is InChI=1S/C16H17ClN2O3/c1-10-13(6-7-15(17)19-10)16(21)18-9-14(20)11-4-3-5-12(8-11)22-2/h3-8,14,20H,9H2,1-2H3,(H,18,21). The molecule has 2 rings (SSSR count). The van der Waals surface area contributed by atoms with E-state index in [4.69, 9.17) is 16.3 Å². The topological polar surface area (TPSA) is 71.5 Å². The minimum Gasteiger partial charge on any atom is -0.497 e. The molecule has 0 spiro atoms. The van der Waals surface area contributed by atoms with Gasteiger partial charge in [-0.2, -0.15) is 0 Å². The van der Waals surface area contributed by atoms with Crippen molar-refractivity contribution in [1.82, 2.24) is 10.3 Å². The van der Waals surface area contributed by atoms with Gasteiger partial charge in [0.1, 0.15) is 10.9 Å². The molecular formula is C16H17ClN2O3. The van der Waals surface area contributed by atoms with Gasteiger partial charge in [0.15, 0.2) is 0 Å². The van der Waals surface area contributed by atoms with Crippen LogP contribution in [-0.4, -0.2) is 29.7 Å². The maximum Gasteiger partial charge on any atom is 0.253 e. The smallest absolute Gasteiger partial charge is 0.253 e. The summed E-state index contributed by atoms with van der Waals surface area (Å²) >= 11 is 5.76. The first kappa shape index (κ1) is 16.3. The third-order valence-electron chi connectivity index (χ3n) is 3.23. The number of amides is 1. The number of pyridine rings is 1. The molecule has 6 heteroatoms. The number of hydrogen-bond donors (Lipinski definition) is 2. The number of aliphatic hydroxyl groups excluding tert-OH is 1. The second kappa shape index (κ2) is 7.24. The summed E-state index contributed by atoms with van der Waals surface area (Å²) in [5.41, 5.74) is 1.65. The van der Waals surface area contributed by atoms with E-state index >= 15 is 0 Å². The summed E-state index contributed by atoms with van der Waals surface area (Å²) in [5, 5.41) is 13.2. The van der Waals surface area contributed by atoms with Gasteiger partial charge in [-0.05, 0) is 36.8 Å². The fourth-order valence-electron chi connectivity index (χ4n) is 2.02. The Morgan fingerprint density at radius 3 is 2.86 bits per heavy atom. The number of aliphatic hydroxyl groups is 1. The molecule has 0 aliphatic rings. The molecule has 2 N–H and O–H groups in total. The van der Waals surface area contributed by atoms with Gasteiger partial charge in [-0.25, -0.2) is 4.98 Å². The van der Waals surface area contributed by atoms with Crippen molar-refractivity contribution in [2.24, 2.45) is 0 Å². The van der Waals surface area contributed by atoms with Crippen molar-refractivity contribution < 1.29 is 14.6 Å². The summed E-state index contributed by atoms with van der Waals surface area (Å²) in [5.74, 6) is 0.351. The Bertz CT molecular complexity index is 676. The molecule has 0 aliphatic carbocycles. The van der Waals surface area contributed by atoms with Crippen LogP contribution in [0.25, 0.3) is 0 Å². The fourth-order valence-corrected chi connectivity index (χ4v) is 2.21. The Labute approximate surface area is 133 Å². The number of hydrogen-bond acceptors (Lipinski definition) is 4. The summed E-state index contributed by atoms with van der Waals surface area (Å²) in [6.45, 7) is 1.80. The average Bonchev–Trinajstić information content (AvgIpc) is 2.52. The highest BCUT2D eigenvalue weighted by Crippen LogP contribution is 2.18. The number of aromatic nitrogens is 1. The molecule has 22 heavy (non-hydrogen) atoms. The zero-order chi connectivity index (χ0) is 16.1. The minimum atomic E-state index is -0.820. The molecule has 1 aromatic carbocycles. The van der Waals surface area contributed by atoms with Gasteiger partial charge in [0.2, 0.25) is 0 Å². The summed E-state index contributed by atoms with van der Waals surface area (Å²) < 4.78 is 5.11. The van der Waals surface area contributed by atoms with Gasteiger partial charge >= 0.3 is 0 Å². The molecule has 0 fully saturated rings. The number of nitrogens with one attached hydrogen (secondary N) is 1. The quantitative estimate of drug-likeness (QED) is 0.830. The molecule has 0 saturated heterocycles. The van der Waals surface area contributed by atoms with E-state index in [1.807, 2.05) is 0 Å². The number of benzene rings is 1. The lowest BCUT2D eigenvalue weighted by molar-refractivity contribution is 0.0915. The van der Waals surface area contributed by atoms with Crippen molar-refractivity contribution in [1.29, 1.82) is 0 Å². The van der Waals surface area contributed by atoms with E-state index in [1.54, 1.807) is 50.4 Å². The Kier molecular flexibility index (Phi) is 5.35. The summed E-state index contributed by atoms with van der Waals surface area (Å²) in [6, 6.07) is 10.2. The van der Waals surface area contributed by atoms with Gasteiger partial charge in [-0.1, -0.05) is 23.7 Å². The molecule has 0 bridgehead atoms. The van der Waals surface area contributed by atoms with Crippen LogP contribution in [0.5, 0.6) is 5.75 Å². The van der Waals surface area contributed by atoms with Crippen LogP contribution >= 0.6 is 11.6 Å². The average molecular weight is 321 g/mol. The summed E-state index contributed by atoms with van der Waals surface area (Å²) in [6.07, 6.45) is -0.820. The second-order valence-corrected chi connectivity index (χ2v) is 5.16. The normalized spacial score (nSPS) is 11.8. The van der Waals surface area contributed by atoms with Crippen molar-refractivity contribution in [3.05, 3.63) is 58.4 Å². The lowest BCUT2D eigenvalue weighted by Gasteiger charge is -2.14. The third-order valence-corrected chi connectivity index (χ3v) is 3.44. The minimum absolute atomic E-state index is 0.0913. The van der Waals surface area contributed by atoms with Gasteiger partial charge in [0.25, 0.3) is 5.91 Å². The maximum absolute atomic E-state index is 12.1. The molecular weight excluding hydrogens is 304 g/mol. The zero-order valence-corrected chi connectivity index (χ0v) is 13.1. The first-order valence-corrected chi connectivity index (χ1v) is 7.12. The van der Waals surface area contributed by atoms with Crippen LogP contribution in [0.4, 0.5) is 0 Å². The van der Waals surface area contributed by atoms with Crippen LogP contribution in [0.2, 0.25) is 5.15 Å². The van der Waals surface area contributed by atoms with Crippen LogP contribution in [-0.2, 0) is 0 Å². The highest BCUT2D eigenvalue weighted by atomic mass is 35.5. The fraction of sp³-hybridized carbons (Fsp3) is 0.250. The Morgan fingerprint density at radius 1 is 1.41 bits per heavy atom. The lowest BCUT2D eigenvalue weighted by atomic mass is 10.1. The molecule has 0 aliphatic heterocycles. The van der Waals surface area contributed by atoms with Gasteiger partial charge < -0.3 is 15.2 Å². The van der Waals surface area contributed by atoms with Gasteiger partial charge in [0, 0.05) is 6.54 Å². The van der Waals surface area contributed by atoms with Crippen molar-refractivity contribution in [3.63, 3.8) is 0 Å². The number of carbonyl (C=O) groups is 1. The van der Waals surface area contributed by atoms with E-state index in [0.717, 1.165) is 0 Å². The number of methoxy groups -OCH3 is 1. The van der Waals surface area contributed by atoms with Gasteiger partial charge in [-0.15, -0.1) is 0 Å². The molecule has 1 amide bonds. The Balaban J connectivity index is 2.00. The van der Waals surface area contributed by atoms with E-state index in [2.05, 4.69) is 10.3 Å². The zero-order valence-electron chi connectivity index (χ0n) is 12.3. The number of halogens is 1. The second-order valence-electron chi connectivity index (χ2n) is 4.77. The number of nitrogens with zero attached hydrogens (tertiary/aromatic N) is 1. The first-order chi connectivity index (χ1) is 10.5. The molecule has 0 saturated carbocycles. The van der Waals surface area contributed by atoms with E-state index in [-0.39, 0.29) is 12.5 Å².